The molecule has 0 unspecified atom stereocenters. The molecule has 5 heteroatoms. The summed E-state index contributed by atoms with van der Waals surface area (Å²) in [4.78, 5) is 24.2. The van der Waals surface area contributed by atoms with Gasteiger partial charge in [0.05, 0.1) is 5.56 Å². The predicted molar refractivity (Wildman–Crippen MR) is 162 cm³/mol. The van der Waals surface area contributed by atoms with Crippen LogP contribution in [0.4, 0.5) is 0 Å². The van der Waals surface area contributed by atoms with Crippen molar-refractivity contribution in [3.05, 3.63) is 35.0 Å². The van der Waals surface area contributed by atoms with Crippen LogP contribution in [0.1, 0.15) is 147 Å². The Balaban J connectivity index is 2.30. The van der Waals surface area contributed by atoms with Crippen LogP contribution >= 0.6 is 0 Å². The van der Waals surface area contributed by atoms with Crippen LogP contribution in [-0.4, -0.2) is 29.6 Å². The summed E-state index contributed by atoms with van der Waals surface area (Å²) in [6, 6.07) is 0.184. The molecule has 1 aromatic heterocycles. The maximum atomic E-state index is 13.0. The molecule has 216 valence electrons. The Morgan fingerprint density at radius 3 is 1.84 bits per heavy atom. The third-order valence-electron chi connectivity index (χ3n) is 7.08. The van der Waals surface area contributed by atoms with E-state index in [4.69, 9.17) is 4.74 Å². The van der Waals surface area contributed by atoms with E-state index < -0.39 is 0 Å². The van der Waals surface area contributed by atoms with E-state index in [0.29, 0.717) is 12.1 Å². The maximum absolute atomic E-state index is 13.0. The minimum Gasteiger partial charge on any atom is -0.462 e. The van der Waals surface area contributed by atoms with Crippen molar-refractivity contribution in [1.29, 1.82) is 0 Å². The second kappa shape index (κ2) is 21.6. The van der Waals surface area contributed by atoms with Gasteiger partial charge in [-0.3, -0.25) is 9.59 Å². The van der Waals surface area contributed by atoms with Crippen molar-refractivity contribution in [1.82, 2.24) is 9.88 Å². The Morgan fingerprint density at radius 2 is 1.39 bits per heavy atom. The second-order valence-electron chi connectivity index (χ2n) is 10.8. The van der Waals surface area contributed by atoms with Crippen LogP contribution in [0.25, 0.3) is 12.2 Å². The number of allylic oxidation sites excluding steroid dienone is 1. The van der Waals surface area contributed by atoms with Crippen molar-refractivity contribution in [3.8, 4) is 0 Å². The van der Waals surface area contributed by atoms with Gasteiger partial charge in [-0.15, -0.1) is 0 Å². The molecule has 0 saturated heterocycles. The fourth-order valence-corrected chi connectivity index (χ4v) is 4.88. The van der Waals surface area contributed by atoms with E-state index in [1.807, 2.05) is 12.3 Å². The molecule has 1 heterocycles. The lowest BCUT2D eigenvalue weighted by molar-refractivity contribution is -0.139. The van der Waals surface area contributed by atoms with Gasteiger partial charge in [-0.1, -0.05) is 116 Å². The van der Waals surface area contributed by atoms with Crippen molar-refractivity contribution < 1.29 is 14.3 Å². The second-order valence-corrected chi connectivity index (χ2v) is 10.8. The van der Waals surface area contributed by atoms with Gasteiger partial charge in [-0.05, 0) is 32.4 Å². The quantitative estimate of drug-likeness (QED) is 0.126. The normalized spacial score (nSPS) is 12.3. The molecule has 0 aliphatic heterocycles. The number of esters is 1. The van der Waals surface area contributed by atoms with Gasteiger partial charge in [0.2, 0.25) is 0 Å². The number of hydrogen-bond acceptors (Lipinski definition) is 3. The summed E-state index contributed by atoms with van der Waals surface area (Å²) in [7, 11) is 0. The molecule has 0 aliphatic rings. The van der Waals surface area contributed by atoms with Crippen molar-refractivity contribution in [3.63, 3.8) is 0 Å². The number of carbonyl (C=O) groups excluding carboxylic acids is 2. The summed E-state index contributed by atoms with van der Waals surface area (Å²) in [6.07, 6.45) is 28.7. The first kappa shape index (κ1) is 33.7. The van der Waals surface area contributed by atoms with E-state index in [1.165, 1.54) is 96.8 Å². The van der Waals surface area contributed by atoms with Crippen molar-refractivity contribution in [2.75, 3.05) is 13.2 Å². The summed E-state index contributed by atoms with van der Waals surface area (Å²) in [5, 5.41) is 4.77. The zero-order chi connectivity index (χ0) is 28.0. The molecule has 1 amide bonds. The van der Waals surface area contributed by atoms with Gasteiger partial charge in [-0.25, -0.2) is 0 Å². The third-order valence-corrected chi connectivity index (χ3v) is 7.08. The smallest absolute Gasteiger partial charge is 0.302 e. The topological polar surface area (TPSA) is 60.3 Å². The Labute approximate surface area is 232 Å². The largest absolute Gasteiger partial charge is 0.462 e. The number of nitrogens with one attached hydrogen (secondary N) is 1. The number of unbranched alkanes of at least 4 members (excludes halogenated alkanes) is 15. The number of carbonyl (C=O) groups is 2. The van der Waals surface area contributed by atoms with E-state index in [-0.39, 0.29) is 24.5 Å². The molecular formula is C33H56N2O3. The minimum atomic E-state index is -0.340. The monoisotopic (exact) mass is 528 g/mol. The van der Waals surface area contributed by atoms with Gasteiger partial charge in [0, 0.05) is 36.3 Å². The predicted octanol–water partition coefficient (Wildman–Crippen LogP) is 7.37. The molecule has 0 fully saturated rings. The average Bonchev–Trinajstić information content (AvgIpc) is 3.24. The number of ether oxygens (including phenoxy) is 1. The highest BCUT2D eigenvalue weighted by atomic mass is 16.5. The Hall–Kier alpha value is -2.30. The molecule has 0 radical (unpaired) electrons. The van der Waals surface area contributed by atoms with Crippen LogP contribution in [-0.2, 0) is 9.53 Å². The van der Waals surface area contributed by atoms with Crippen LogP contribution in [0.2, 0.25) is 0 Å². The number of rotatable bonds is 22. The fraction of sp³-hybridized carbons (Fsp3) is 0.697. The molecular weight excluding hydrogens is 472 g/mol. The molecule has 0 aliphatic carbocycles. The van der Waals surface area contributed by atoms with Gasteiger partial charge in [0.1, 0.15) is 6.61 Å². The maximum Gasteiger partial charge on any atom is 0.302 e. The molecule has 38 heavy (non-hydrogen) atoms. The molecule has 1 aromatic rings. The fourth-order valence-electron chi connectivity index (χ4n) is 4.88. The van der Waals surface area contributed by atoms with Crippen molar-refractivity contribution in [2.45, 2.75) is 136 Å². The molecule has 0 saturated carbocycles. The molecule has 1 N–H and O–H groups in total. The van der Waals surface area contributed by atoms with Gasteiger partial charge in [0.25, 0.3) is 5.91 Å². The van der Waals surface area contributed by atoms with E-state index in [2.05, 4.69) is 37.2 Å². The average molecular weight is 529 g/mol. The highest BCUT2D eigenvalue weighted by molar-refractivity contribution is 5.94. The van der Waals surface area contributed by atoms with Crippen LogP contribution < -0.4 is 15.9 Å². The molecule has 0 atom stereocenters. The molecule has 0 aromatic carbocycles. The lowest BCUT2D eigenvalue weighted by atomic mass is 10.0. The van der Waals surface area contributed by atoms with Gasteiger partial charge < -0.3 is 14.6 Å². The number of hydrogen-bond donors (Lipinski definition) is 1. The summed E-state index contributed by atoms with van der Waals surface area (Å²) in [5.74, 6) is -0.425. The van der Waals surface area contributed by atoms with Crippen LogP contribution in [0, 0.1) is 0 Å². The highest BCUT2D eigenvalue weighted by Gasteiger charge is 2.14. The number of aromatic nitrogens is 1. The summed E-state index contributed by atoms with van der Waals surface area (Å²) in [6.45, 7) is 12.4. The van der Waals surface area contributed by atoms with Gasteiger partial charge in [-0.2, -0.15) is 0 Å². The number of nitrogens with zero attached hydrogens (tertiary/aromatic N) is 1. The van der Waals surface area contributed by atoms with E-state index >= 15 is 0 Å². The summed E-state index contributed by atoms with van der Waals surface area (Å²) >= 11 is 0. The highest BCUT2D eigenvalue weighted by Crippen LogP contribution is 2.13. The first-order chi connectivity index (χ1) is 18.4. The molecule has 1 rings (SSSR count). The van der Waals surface area contributed by atoms with Crippen LogP contribution in [0.5, 0.6) is 0 Å². The van der Waals surface area contributed by atoms with Crippen LogP contribution in [0.15, 0.2) is 18.9 Å². The van der Waals surface area contributed by atoms with E-state index in [1.54, 1.807) is 12.2 Å². The zero-order valence-electron chi connectivity index (χ0n) is 25.0. The van der Waals surface area contributed by atoms with Gasteiger partial charge >= 0.3 is 5.97 Å². The first-order valence-electron chi connectivity index (χ1n) is 15.4. The number of amides is 1. The first-order valence-corrected chi connectivity index (χ1v) is 15.4. The molecule has 0 bridgehead atoms. The van der Waals surface area contributed by atoms with Crippen LogP contribution in [0.3, 0.4) is 0 Å². The Bertz CT molecular complexity index is 913. The van der Waals surface area contributed by atoms with E-state index in [9.17, 15) is 9.59 Å². The Kier molecular flexibility index (Phi) is 19.2. The standard InChI is InChI=1S/C33H56N2O3/c1-6-8-9-10-11-12-13-14-15-16-17-18-19-20-21-22-25-34-33(37)31-27-35(28(3)4)32(23-7-2)30(31)24-26-38-29(5)36/h7,23-24,27-28H,2,6,8-22,25-26H2,1,3-5H3,(H,34,37)/b30-24-,32-23+. The van der Waals surface area contributed by atoms with E-state index in [0.717, 1.165) is 23.4 Å². The Morgan fingerprint density at radius 1 is 0.895 bits per heavy atom. The van der Waals surface area contributed by atoms with Crippen molar-refractivity contribution in [2.24, 2.45) is 0 Å². The van der Waals surface area contributed by atoms with Crippen molar-refractivity contribution >= 4 is 24.0 Å². The molecule has 0 spiro atoms. The SMILES string of the molecule is C=C/C=c1\c(=C/COC(C)=O)c(C(=O)NCCCCCCCCCCCCCCCCCC)cn1C(C)C. The lowest BCUT2D eigenvalue weighted by Crippen LogP contribution is -2.35. The third kappa shape index (κ3) is 14.6. The summed E-state index contributed by atoms with van der Waals surface area (Å²) < 4.78 is 7.17. The minimum absolute atomic E-state index is 0.0850. The summed E-state index contributed by atoms with van der Waals surface area (Å²) in [5.41, 5.74) is 0.607. The van der Waals surface area contributed by atoms with Gasteiger partial charge in [0.15, 0.2) is 0 Å². The lowest BCUT2D eigenvalue weighted by Gasteiger charge is -2.07. The zero-order valence-corrected chi connectivity index (χ0v) is 25.0. The molecule has 5 nitrogen and oxygen atoms in total.